The number of rotatable bonds is 7. The van der Waals surface area contributed by atoms with Gasteiger partial charge in [-0.25, -0.2) is 13.1 Å². The molecule has 4 N–H and O–H groups in total. The van der Waals surface area contributed by atoms with Crippen LogP contribution in [0.5, 0.6) is 0 Å². The molecule has 0 saturated heterocycles. The predicted molar refractivity (Wildman–Crippen MR) is 109 cm³/mol. The maximum absolute atomic E-state index is 12.7. The molecule has 0 radical (unpaired) electrons. The molecule has 2 aromatic carbocycles. The molecule has 0 aliphatic heterocycles. The Balaban J connectivity index is 2.00. The topological polar surface area (TPSA) is 118 Å². The van der Waals surface area contributed by atoms with E-state index in [2.05, 4.69) is 10.0 Å². The summed E-state index contributed by atoms with van der Waals surface area (Å²) in [6.07, 6.45) is -0.0281. The van der Waals surface area contributed by atoms with Gasteiger partial charge in [0.05, 0.1) is 4.90 Å². The first kappa shape index (κ1) is 21.6. The minimum atomic E-state index is -3.73. The summed E-state index contributed by atoms with van der Waals surface area (Å²) in [5.74, 6) is -0.896. The van der Waals surface area contributed by atoms with Crippen LogP contribution in [0.1, 0.15) is 39.0 Å². The minimum Gasteiger partial charge on any atom is -0.366 e. The summed E-state index contributed by atoms with van der Waals surface area (Å²) >= 11 is 0. The van der Waals surface area contributed by atoms with Gasteiger partial charge in [-0.2, -0.15) is 0 Å². The Kier molecular flexibility index (Phi) is 6.58. The van der Waals surface area contributed by atoms with Crippen LogP contribution >= 0.6 is 0 Å². The van der Waals surface area contributed by atoms with Crippen molar-refractivity contribution in [3.63, 3.8) is 0 Å². The Morgan fingerprint density at radius 1 is 0.964 bits per heavy atom. The lowest BCUT2D eigenvalue weighted by Gasteiger charge is -2.16. The molecule has 0 atom stereocenters. The molecular weight excluding hydrogens is 378 g/mol. The molecule has 0 heterocycles. The smallest absolute Gasteiger partial charge is 0.248 e. The number of nitrogens with one attached hydrogen (secondary N) is 2. The Bertz CT molecular complexity index is 986. The van der Waals surface area contributed by atoms with E-state index in [0.29, 0.717) is 22.4 Å². The monoisotopic (exact) mass is 403 g/mol. The third-order valence-electron chi connectivity index (χ3n) is 4.66. The zero-order valence-corrected chi connectivity index (χ0v) is 17.2. The van der Waals surface area contributed by atoms with E-state index in [0.717, 1.165) is 11.1 Å². The van der Waals surface area contributed by atoms with Crippen molar-refractivity contribution in [3.8, 4) is 0 Å². The van der Waals surface area contributed by atoms with Crippen molar-refractivity contribution < 1.29 is 18.0 Å². The van der Waals surface area contributed by atoms with Gasteiger partial charge in [0.2, 0.25) is 21.8 Å². The highest BCUT2D eigenvalue weighted by atomic mass is 32.2. The summed E-state index contributed by atoms with van der Waals surface area (Å²) in [6, 6.07) is 8.09. The molecular formula is C20H25N3O4S. The van der Waals surface area contributed by atoms with Crippen molar-refractivity contribution in [3.05, 3.63) is 58.1 Å². The molecule has 2 aromatic rings. The molecule has 0 spiro atoms. The lowest BCUT2D eigenvalue weighted by molar-refractivity contribution is -0.116. The van der Waals surface area contributed by atoms with Crippen molar-refractivity contribution in [2.75, 3.05) is 11.9 Å². The largest absolute Gasteiger partial charge is 0.366 e. The van der Waals surface area contributed by atoms with E-state index in [4.69, 9.17) is 5.73 Å². The number of carbonyl (C=O) groups is 2. The van der Waals surface area contributed by atoms with E-state index in [1.165, 1.54) is 12.1 Å². The molecule has 0 unspecified atom stereocenters. The predicted octanol–water partition coefficient (Wildman–Crippen LogP) is 2.33. The Morgan fingerprint density at radius 3 is 2.00 bits per heavy atom. The zero-order valence-electron chi connectivity index (χ0n) is 16.4. The fraction of sp³-hybridized carbons (Fsp3) is 0.300. The second kappa shape index (κ2) is 8.53. The fourth-order valence-corrected chi connectivity index (χ4v) is 4.54. The number of carbonyl (C=O) groups excluding carboxylic acids is 2. The first-order valence-corrected chi connectivity index (χ1v) is 10.3. The highest BCUT2D eigenvalue weighted by Crippen LogP contribution is 2.25. The summed E-state index contributed by atoms with van der Waals surface area (Å²) in [7, 11) is -3.73. The SMILES string of the molecule is Cc1cc(C)c(C)c(S(=O)(=O)NCCC(=O)Nc2ccc(C(N)=O)cc2)c1C. The van der Waals surface area contributed by atoms with Crippen molar-refractivity contribution in [2.45, 2.75) is 39.0 Å². The molecule has 28 heavy (non-hydrogen) atoms. The van der Waals surface area contributed by atoms with Crippen LogP contribution in [0.25, 0.3) is 0 Å². The van der Waals surface area contributed by atoms with Gasteiger partial charge in [0, 0.05) is 24.2 Å². The molecule has 2 rings (SSSR count). The molecule has 0 aliphatic rings. The van der Waals surface area contributed by atoms with Gasteiger partial charge >= 0.3 is 0 Å². The van der Waals surface area contributed by atoms with Gasteiger partial charge < -0.3 is 11.1 Å². The van der Waals surface area contributed by atoms with Crippen LogP contribution in [-0.2, 0) is 14.8 Å². The first-order chi connectivity index (χ1) is 13.0. The normalized spacial score (nSPS) is 11.3. The van der Waals surface area contributed by atoms with Crippen LogP contribution in [0.3, 0.4) is 0 Å². The van der Waals surface area contributed by atoms with E-state index in [-0.39, 0.29) is 23.8 Å². The minimum absolute atomic E-state index is 0.0281. The van der Waals surface area contributed by atoms with E-state index in [9.17, 15) is 18.0 Å². The number of anilines is 1. The molecule has 2 amide bonds. The van der Waals surface area contributed by atoms with E-state index in [1.54, 1.807) is 26.0 Å². The van der Waals surface area contributed by atoms with Gasteiger partial charge in [-0.15, -0.1) is 0 Å². The first-order valence-electron chi connectivity index (χ1n) is 8.79. The summed E-state index contributed by atoms with van der Waals surface area (Å²) < 4.78 is 28.0. The highest BCUT2D eigenvalue weighted by molar-refractivity contribution is 7.89. The number of aryl methyl sites for hydroxylation is 2. The maximum Gasteiger partial charge on any atom is 0.248 e. The van der Waals surface area contributed by atoms with Crippen LogP contribution in [0.4, 0.5) is 5.69 Å². The van der Waals surface area contributed by atoms with Gasteiger partial charge in [0.15, 0.2) is 0 Å². The van der Waals surface area contributed by atoms with Crippen LogP contribution in [0, 0.1) is 27.7 Å². The van der Waals surface area contributed by atoms with Crippen LogP contribution in [-0.4, -0.2) is 26.8 Å². The number of hydrogen-bond acceptors (Lipinski definition) is 4. The van der Waals surface area contributed by atoms with E-state index < -0.39 is 15.9 Å². The van der Waals surface area contributed by atoms with Crippen molar-refractivity contribution in [1.29, 1.82) is 0 Å². The summed E-state index contributed by atoms with van der Waals surface area (Å²) in [5.41, 5.74) is 9.22. The Labute approximate surface area is 165 Å². The number of sulfonamides is 1. The average molecular weight is 404 g/mol. The number of amides is 2. The quantitative estimate of drug-likeness (QED) is 0.657. The molecule has 0 fully saturated rings. The van der Waals surface area contributed by atoms with Crippen molar-refractivity contribution >= 4 is 27.5 Å². The molecule has 150 valence electrons. The summed E-state index contributed by atoms with van der Waals surface area (Å²) in [6.45, 7) is 7.27. The second-order valence-electron chi connectivity index (χ2n) is 6.73. The fourth-order valence-electron chi connectivity index (χ4n) is 2.90. The maximum atomic E-state index is 12.7. The molecule has 0 aromatic heterocycles. The van der Waals surface area contributed by atoms with E-state index >= 15 is 0 Å². The number of nitrogens with two attached hydrogens (primary N) is 1. The summed E-state index contributed by atoms with van der Waals surface area (Å²) in [4.78, 5) is 23.4. The standard InChI is InChI=1S/C20H25N3O4S/c1-12-11-13(2)15(4)19(14(12)3)28(26,27)22-10-9-18(24)23-17-7-5-16(6-8-17)20(21)25/h5-8,11,22H,9-10H2,1-4H3,(H2,21,25)(H,23,24). The van der Waals surface area contributed by atoms with Gasteiger partial charge in [-0.1, -0.05) is 6.07 Å². The number of primary amides is 1. The molecule has 7 nitrogen and oxygen atoms in total. The summed E-state index contributed by atoms with van der Waals surface area (Å²) in [5, 5.41) is 2.65. The van der Waals surface area contributed by atoms with Crippen molar-refractivity contribution in [2.24, 2.45) is 5.73 Å². The third-order valence-corrected chi connectivity index (χ3v) is 6.40. The molecule has 8 heteroatoms. The zero-order chi connectivity index (χ0) is 21.1. The third kappa shape index (κ3) is 4.96. The molecule has 0 bridgehead atoms. The number of hydrogen-bond donors (Lipinski definition) is 3. The van der Waals surface area contributed by atoms with E-state index in [1.807, 2.05) is 19.9 Å². The van der Waals surface area contributed by atoms with Gasteiger partial charge in [-0.05, 0) is 74.2 Å². The van der Waals surface area contributed by atoms with Crippen LogP contribution in [0.15, 0.2) is 35.2 Å². The lowest BCUT2D eigenvalue weighted by atomic mass is 10.0. The van der Waals surface area contributed by atoms with Crippen molar-refractivity contribution in [1.82, 2.24) is 4.72 Å². The second-order valence-corrected chi connectivity index (χ2v) is 8.43. The van der Waals surface area contributed by atoms with Gasteiger partial charge in [-0.3, -0.25) is 9.59 Å². The Hall–Kier alpha value is -2.71. The van der Waals surface area contributed by atoms with Gasteiger partial charge in [0.1, 0.15) is 0 Å². The molecule has 0 aliphatic carbocycles. The van der Waals surface area contributed by atoms with Crippen LogP contribution in [0.2, 0.25) is 0 Å². The lowest BCUT2D eigenvalue weighted by Crippen LogP contribution is -2.29. The average Bonchev–Trinajstić information content (AvgIpc) is 2.60. The Morgan fingerprint density at radius 2 is 1.50 bits per heavy atom. The van der Waals surface area contributed by atoms with Gasteiger partial charge in [0.25, 0.3) is 0 Å². The van der Waals surface area contributed by atoms with Crippen LogP contribution < -0.4 is 15.8 Å². The number of benzene rings is 2. The molecule has 0 saturated carbocycles. The highest BCUT2D eigenvalue weighted by Gasteiger charge is 2.22.